The maximum atomic E-state index is 11.9. The van der Waals surface area contributed by atoms with Crippen molar-refractivity contribution in [2.45, 2.75) is 13.3 Å². The van der Waals surface area contributed by atoms with E-state index in [1.807, 2.05) is 6.92 Å². The summed E-state index contributed by atoms with van der Waals surface area (Å²) in [5.41, 5.74) is 0.485. The third-order valence-electron chi connectivity index (χ3n) is 2.41. The fourth-order valence-corrected chi connectivity index (χ4v) is 2.28. The van der Waals surface area contributed by atoms with E-state index in [-0.39, 0.29) is 5.91 Å². The van der Waals surface area contributed by atoms with Crippen LogP contribution in [0.2, 0.25) is 5.02 Å². The van der Waals surface area contributed by atoms with Crippen molar-refractivity contribution in [3.05, 3.63) is 33.3 Å². The van der Waals surface area contributed by atoms with Crippen molar-refractivity contribution in [1.29, 1.82) is 0 Å². The van der Waals surface area contributed by atoms with E-state index in [1.165, 1.54) is 0 Å². The lowest BCUT2D eigenvalue weighted by Crippen LogP contribution is -2.28. The molecule has 5 heteroatoms. The molecular formula is C12H14BrCl2NO. The van der Waals surface area contributed by atoms with Crippen molar-refractivity contribution in [3.63, 3.8) is 0 Å². The maximum absolute atomic E-state index is 11.9. The maximum Gasteiger partial charge on any atom is 0.252 e. The molecule has 0 aromatic heterocycles. The molecule has 0 saturated carbocycles. The molecule has 1 aromatic carbocycles. The van der Waals surface area contributed by atoms with Gasteiger partial charge in [0.25, 0.3) is 5.91 Å². The summed E-state index contributed by atoms with van der Waals surface area (Å²) in [4.78, 5) is 11.9. The topological polar surface area (TPSA) is 29.1 Å². The van der Waals surface area contributed by atoms with Gasteiger partial charge in [-0.3, -0.25) is 4.79 Å². The first-order chi connectivity index (χ1) is 8.06. The summed E-state index contributed by atoms with van der Waals surface area (Å²) in [6, 6.07) is 5.29. The molecule has 94 valence electrons. The Hall–Kier alpha value is -0.250. The van der Waals surface area contributed by atoms with Crippen LogP contribution in [0.4, 0.5) is 0 Å². The van der Waals surface area contributed by atoms with Gasteiger partial charge in [-0.15, -0.1) is 11.6 Å². The lowest BCUT2D eigenvalue weighted by molar-refractivity contribution is 0.0948. The Balaban J connectivity index is 2.61. The van der Waals surface area contributed by atoms with Crippen LogP contribution in [0.1, 0.15) is 23.7 Å². The number of nitrogens with one attached hydrogen (secondary N) is 1. The largest absolute Gasteiger partial charge is 0.352 e. The van der Waals surface area contributed by atoms with Gasteiger partial charge in [0.1, 0.15) is 0 Å². The second kappa shape index (κ2) is 7.24. The molecule has 1 rings (SSSR count). The first-order valence-electron chi connectivity index (χ1n) is 5.34. The minimum atomic E-state index is -0.155. The van der Waals surface area contributed by atoms with Crippen LogP contribution >= 0.6 is 39.1 Å². The Morgan fingerprint density at radius 3 is 2.88 bits per heavy atom. The molecule has 1 aromatic rings. The van der Waals surface area contributed by atoms with E-state index in [2.05, 4.69) is 21.2 Å². The first kappa shape index (κ1) is 14.8. The second-order valence-electron chi connectivity index (χ2n) is 3.89. The van der Waals surface area contributed by atoms with Crippen LogP contribution < -0.4 is 5.32 Å². The third-order valence-corrected chi connectivity index (χ3v) is 3.92. The number of alkyl halides is 1. The summed E-state index contributed by atoms with van der Waals surface area (Å²) in [5, 5.41) is 3.29. The van der Waals surface area contributed by atoms with Gasteiger partial charge in [-0.1, -0.05) is 24.6 Å². The molecule has 1 unspecified atom stereocenters. The van der Waals surface area contributed by atoms with E-state index in [4.69, 9.17) is 23.2 Å². The van der Waals surface area contributed by atoms with Gasteiger partial charge in [0, 0.05) is 16.9 Å². The van der Waals surface area contributed by atoms with Crippen molar-refractivity contribution in [1.82, 2.24) is 5.32 Å². The first-order valence-corrected chi connectivity index (χ1v) is 7.05. The average molecular weight is 339 g/mol. The molecule has 17 heavy (non-hydrogen) atoms. The van der Waals surface area contributed by atoms with Crippen LogP contribution in [0.15, 0.2) is 22.7 Å². The number of hydrogen-bond acceptors (Lipinski definition) is 1. The van der Waals surface area contributed by atoms with Gasteiger partial charge in [-0.25, -0.2) is 0 Å². The average Bonchev–Trinajstić information content (AvgIpc) is 2.30. The van der Waals surface area contributed by atoms with E-state index in [0.717, 1.165) is 10.9 Å². The van der Waals surface area contributed by atoms with Gasteiger partial charge < -0.3 is 5.32 Å². The summed E-state index contributed by atoms with van der Waals surface area (Å²) >= 11 is 15.0. The normalized spacial score (nSPS) is 12.2. The van der Waals surface area contributed by atoms with E-state index in [0.29, 0.717) is 28.9 Å². The van der Waals surface area contributed by atoms with Gasteiger partial charge in [-0.2, -0.15) is 0 Å². The Morgan fingerprint density at radius 2 is 2.24 bits per heavy atom. The van der Waals surface area contributed by atoms with E-state index in [1.54, 1.807) is 18.2 Å². The van der Waals surface area contributed by atoms with Gasteiger partial charge >= 0.3 is 0 Å². The predicted octanol–water partition coefficient (Wildman–Crippen LogP) is 4.10. The molecule has 0 saturated heterocycles. The van der Waals surface area contributed by atoms with Crippen molar-refractivity contribution in [2.75, 3.05) is 12.4 Å². The summed E-state index contributed by atoms with van der Waals surface area (Å²) in [6.07, 6.45) is 0.883. The molecular weight excluding hydrogens is 325 g/mol. The number of hydrogen-bond donors (Lipinski definition) is 1. The quantitative estimate of drug-likeness (QED) is 0.805. The zero-order valence-corrected chi connectivity index (χ0v) is 12.6. The number of carbonyl (C=O) groups excluding carboxylic acids is 1. The highest BCUT2D eigenvalue weighted by molar-refractivity contribution is 9.10. The van der Waals surface area contributed by atoms with E-state index < -0.39 is 0 Å². The van der Waals surface area contributed by atoms with Crippen LogP contribution in [-0.2, 0) is 0 Å². The minimum Gasteiger partial charge on any atom is -0.352 e. The molecule has 1 atom stereocenters. The summed E-state index contributed by atoms with van der Waals surface area (Å²) in [5.74, 6) is 0.814. The molecule has 0 spiro atoms. The standard InChI is InChI=1S/C12H14BrCl2NO/c1-8(5-6-14)7-16-12(17)9-3-2-4-10(13)11(9)15/h2-4,8H,5-7H2,1H3,(H,16,17). The molecule has 0 heterocycles. The van der Waals surface area contributed by atoms with Crippen molar-refractivity contribution < 1.29 is 4.79 Å². The SMILES string of the molecule is CC(CCCl)CNC(=O)c1cccc(Br)c1Cl. The monoisotopic (exact) mass is 337 g/mol. The molecule has 0 fully saturated rings. The van der Waals surface area contributed by atoms with Crippen LogP contribution in [0.3, 0.4) is 0 Å². The van der Waals surface area contributed by atoms with Gasteiger partial charge in [-0.05, 0) is 40.4 Å². The van der Waals surface area contributed by atoms with Crippen LogP contribution in [0, 0.1) is 5.92 Å². The van der Waals surface area contributed by atoms with Crippen LogP contribution in [-0.4, -0.2) is 18.3 Å². The Labute approximate surface area is 120 Å². The second-order valence-corrected chi connectivity index (χ2v) is 5.50. The molecule has 0 bridgehead atoms. The minimum absolute atomic E-state index is 0.155. The fourth-order valence-electron chi connectivity index (χ4n) is 1.33. The number of benzene rings is 1. The van der Waals surface area contributed by atoms with Gasteiger partial charge in [0.15, 0.2) is 0 Å². The number of rotatable bonds is 5. The molecule has 0 aliphatic carbocycles. The summed E-state index contributed by atoms with van der Waals surface area (Å²) in [6.45, 7) is 2.65. The highest BCUT2D eigenvalue weighted by Gasteiger charge is 2.12. The van der Waals surface area contributed by atoms with Gasteiger partial charge in [0.2, 0.25) is 0 Å². The molecule has 1 amide bonds. The predicted molar refractivity (Wildman–Crippen MR) is 76.0 cm³/mol. The van der Waals surface area contributed by atoms with Crippen molar-refractivity contribution >= 4 is 45.0 Å². The fraction of sp³-hybridized carbons (Fsp3) is 0.417. The lowest BCUT2D eigenvalue weighted by atomic mass is 10.1. The molecule has 1 N–H and O–H groups in total. The number of halogens is 3. The van der Waals surface area contributed by atoms with Gasteiger partial charge in [0.05, 0.1) is 10.6 Å². The van der Waals surface area contributed by atoms with E-state index >= 15 is 0 Å². The zero-order chi connectivity index (χ0) is 12.8. The lowest BCUT2D eigenvalue weighted by Gasteiger charge is -2.12. The molecule has 0 radical (unpaired) electrons. The Morgan fingerprint density at radius 1 is 1.53 bits per heavy atom. The number of amides is 1. The summed E-state index contributed by atoms with van der Waals surface area (Å²) in [7, 11) is 0. The molecule has 2 nitrogen and oxygen atoms in total. The van der Waals surface area contributed by atoms with Crippen molar-refractivity contribution in [3.8, 4) is 0 Å². The Bertz CT molecular complexity index is 398. The molecule has 0 aliphatic heterocycles. The zero-order valence-electron chi connectivity index (χ0n) is 9.47. The third kappa shape index (κ3) is 4.49. The van der Waals surface area contributed by atoms with Crippen molar-refractivity contribution in [2.24, 2.45) is 5.92 Å². The summed E-state index contributed by atoms with van der Waals surface area (Å²) < 4.78 is 0.723. The van der Waals surface area contributed by atoms with E-state index in [9.17, 15) is 4.79 Å². The highest BCUT2D eigenvalue weighted by Crippen LogP contribution is 2.25. The molecule has 0 aliphatic rings. The highest BCUT2D eigenvalue weighted by atomic mass is 79.9. The smallest absolute Gasteiger partial charge is 0.252 e. The Kier molecular flexibility index (Phi) is 6.31. The van der Waals surface area contributed by atoms with Crippen LogP contribution in [0.25, 0.3) is 0 Å². The van der Waals surface area contributed by atoms with Crippen LogP contribution in [0.5, 0.6) is 0 Å². The number of carbonyl (C=O) groups is 1.